The maximum atomic E-state index is 13.3. The molecule has 6 aromatic rings. The maximum Gasteiger partial charge on any atom is 0.277 e. The van der Waals surface area contributed by atoms with Gasteiger partial charge in [0, 0.05) is 40.0 Å². The fourth-order valence-electron chi connectivity index (χ4n) is 4.58. The van der Waals surface area contributed by atoms with Gasteiger partial charge in [-0.25, -0.2) is 9.35 Å². The summed E-state index contributed by atoms with van der Waals surface area (Å²) in [7, 11) is 0. The van der Waals surface area contributed by atoms with Gasteiger partial charge in [0.15, 0.2) is 0 Å². The molecule has 0 saturated heterocycles. The normalized spacial score (nSPS) is 11.0. The van der Waals surface area contributed by atoms with Gasteiger partial charge < -0.3 is 5.32 Å². The molecule has 0 atom stereocenters. The van der Waals surface area contributed by atoms with E-state index in [9.17, 15) is 19.7 Å². The molecule has 0 amide bonds. The van der Waals surface area contributed by atoms with Gasteiger partial charge in [-0.2, -0.15) is 15.0 Å². The number of nitrogens with zero attached hydrogens (tertiary/aromatic N) is 6. The Morgan fingerprint density at radius 2 is 1.12 bits per heavy atom. The number of nitro groups is 1. The molecule has 3 aromatic heterocycles. The largest absolute Gasteiger partial charge is 0.324 e. The van der Waals surface area contributed by atoms with Crippen LogP contribution in [0, 0.1) is 24.0 Å². The van der Waals surface area contributed by atoms with Crippen LogP contribution in [-0.2, 0) is 0 Å². The van der Waals surface area contributed by atoms with E-state index in [4.69, 9.17) is 0 Å². The number of hydrogen-bond acceptors (Lipinski definition) is 10. The lowest BCUT2D eigenvalue weighted by Gasteiger charge is -2.16. The molecule has 3 heterocycles. The van der Waals surface area contributed by atoms with Crippen LogP contribution in [0.15, 0.2) is 94.5 Å². The Balaban J connectivity index is 1.43. The SMILES string of the molecule is Cc1cc2ccccc2c(=O)n1Nc1nc(Nc2ccc([N+](=O)[O-])cc2)nc(Nn2c(C)cc3ccccc3c2=O)n1. The monoisotopic (exact) mass is 561 g/mol. The van der Waals surface area contributed by atoms with E-state index >= 15 is 0 Å². The molecule has 0 saturated carbocycles. The molecular formula is C29H23N9O4. The van der Waals surface area contributed by atoms with E-state index in [-0.39, 0.29) is 34.7 Å². The smallest absolute Gasteiger partial charge is 0.277 e. The van der Waals surface area contributed by atoms with Crippen molar-refractivity contribution in [3.63, 3.8) is 0 Å². The molecule has 3 N–H and O–H groups in total. The Hall–Kier alpha value is -6.11. The van der Waals surface area contributed by atoms with Crippen molar-refractivity contribution < 1.29 is 4.92 Å². The van der Waals surface area contributed by atoms with Crippen LogP contribution in [0.4, 0.5) is 29.2 Å². The molecule has 0 aliphatic carbocycles. The van der Waals surface area contributed by atoms with E-state index in [1.807, 2.05) is 36.4 Å². The van der Waals surface area contributed by atoms with Crippen molar-refractivity contribution in [1.29, 1.82) is 0 Å². The number of aromatic nitrogens is 5. The number of pyridine rings is 2. The van der Waals surface area contributed by atoms with Gasteiger partial charge in [-0.05, 0) is 61.0 Å². The number of non-ortho nitro benzene ring substituents is 1. The highest BCUT2D eigenvalue weighted by molar-refractivity contribution is 5.82. The van der Waals surface area contributed by atoms with Gasteiger partial charge in [-0.15, -0.1) is 0 Å². The molecule has 42 heavy (non-hydrogen) atoms. The third kappa shape index (κ3) is 4.97. The van der Waals surface area contributed by atoms with E-state index in [0.29, 0.717) is 27.8 Å². The number of hydrogen-bond donors (Lipinski definition) is 3. The molecule has 13 nitrogen and oxygen atoms in total. The highest BCUT2D eigenvalue weighted by atomic mass is 16.6. The second-order valence-corrected chi connectivity index (χ2v) is 9.49. The van der Waals surface area contributed by atoms with Crippen LogP contribution in [0.1, 0.15) is 11.4 Å². The maximum absolute atomic E-state index is 13.3. The zero-order chi connectivity index (χ0) is 29.4. The Morgan fingerprint density at radius 3 is 1.60 bits per heavy atom. The van der Waals surface area contributed by atoms with E-state index in [2.05, 4.69) is 31.1 Å². The fraction of sp³-hybridized carbons (Fsp3) is 0.0690. The summed E-state index contributed by atoms with van der Waals surface area (Å²) in [6.07, 6.45) is 0. The van der Waals surface area contributed by atoms with Crippen LogP contribution in [0.2, 0.25) is 0 Å². The van der Waals surface area contributed by atoms with Crippen LogP contribution in [-0.4, -0.2) is 29.2 Å². The summed E-state index contributed by atoms with van der Waals surface area (Å²) in [6.45, 7) is 3.55. The topological polar surface area (TPSA) is 162 Å². The van der Waals surface area contributed by atoms with Crippen LogP contribution in [0.3, 0.4) is 0 Å². The van der Waals surface area contributed by atoms with Gasteiger partial charge in [0.25, 0.3) is 16.8 Å². The predicted molar refractivity (Wildman–Crippen MR) is 160 cm³/mol. The Morgan fingerprint density at radius 1 is 0.667 bits per heavy atom. The van der Waals surface area contributed by atoms with Gasteiger partial charge in [0.05, 0.1) is 4.92 Å². The van der Waals surface area contributed by atoms with Crippen molar-refractivity contribution in [2.45, 2.75) is 13.8 Å². The lowest BCUT2D eigenvalue weighted by molar-refractivity contribution is -0.384. The predicted octanol–water partition coefficient (Wildman–Crippen LogP) is 4.52. The first kappa shape index (κ1) is 26.1. The number of fused-ring (bicyclic) bond motifs is 2. The third-order valence-electron chi connectivity index (χ3n) is 6.62. The van der Waals surface area contributed by atoms with E-state index < -0.39 is 4.92 Å². The molecule has 0 aliphatic rings. The van der Waals surface area contributed by atoms with E-state index in [1.54, 1.807) is 38.1 Å². The molecule has 0 unspecified atom stereocenters. The minimum absolute atomic E-state index is 0.00360. The highest BCUT2D eigenvalue weighted by Crippen LogP contribution is 2.20. The summed E-state index contributed by atoms with van der Waals surface area (Å²) in [6, 6.07) is 23.9. The van der Waals surface area contributed by atoms with Crippen molar-refractivity contribution >= 4 is 50.8 Å². The molecule has 0 bridgehead atoms. The third-order valence-corrected chi connectivity index (χ3v) is 6.62. The number of nitro benzene ring substituents is 1. The van der Waals surface area contributed by atoms with Crippen LogP contribution in [0.25, 0.3) is 21.5 Å². The van der Waals surface area contributed by atoms with Crippen LogP contribution >= 0.6 is 0 Å². The number of aryl methyl sites for hydroxylation is 2. The summed E-state index contributed by atoms with van der Waals surface area (Å²) >= 11 is 0. The first-order valence-corrected chi connectivity index (χ1v) is 12.8. The Kier molecular flexibility index (Phi) is 6.51. The van der Waals surface area contributed by atoms with Gasteiger partial charge in [-0.3, -0.25) is 30.6 Å². The zero-order valence-corrected chi connectivity index (χ0v) is 22.4. The van der Waals surface area contributed by atoms with E-state index in [1.165, 1.54) is 33.6 Å². The van der Waals surface area contributed by atoms with Crippen molar-refractivity contribution in [1.82, 2.24) is 24.3 Å². The van der Waals surface area contributed by atoms with Crippen molar-refractivity contribution in [3.8, 4) is 0 Å². The molecule has 0 aliphatic heterocycles. The number of nitrogens with one attached hydrogen (secondary N) is 3. The Bertz CT molecular complexity index is 2000. The first-order valence-electron chi connectivity index (χ1n) is 12.8. The fourth-order valence-corrected chi connectivity index (χ4v) is 4.58. The minimum Gasteiger partial charge on any atom is -0.324 e. The zero-order valence-electron chi connectivity index (χ0n) is 22.4. The van der Waals surface area contributed by atoms with Crippen molar-refractivity contribution in [2.75, 3.05) is 16.2 Å². The molecule has 208 valence electrons. The Labute approximate surface area is 237 Å². The molecule has 13 heteroatoms. The standard InChI is InChI=1S/C29H23N9O4/c1-17-15-19-7-3-5-9-23(19)25(39)36(17)34-28-31-27(30-21-11-13-22(14-12-21)38(41)42)32-29(33-28)35-37-18(2)16-20-8-4-6-10-24(20)26(37)40/h3-16H,1-2H3,(H3,30,31,32,33,34,35). The lowest BCUT2D eigenvalue weighted by atomic mass is 10.1. The highest BCUT2D eigenvalue weighted by Gasteiger charge is 2.14. The van der Waals surface area contributed by atoms with Crippen molar-refractivity contribution in [2.24, 2.45) is 0 Å². The average molecular weight is 562 g/mol. The molecule has 0 spiro atoms. The number of anilines is 4. The summed E-state index contributed by atoms with van der Waals surface area (Å²) in [4.78, 5) is 50.4. The molecule has 0 radical (unpaired) electrons. The second kappa shape index (κ2) is 10.5. The molecule has 0 fully saturated rings. The first-order chi connectivity index (χ1) is 20.3. The van der Waals surface area contributed by atoms with Crippen LogP contribution < -0.4 is 27.3 Å². The van der Waals surface area contributed by atoms with E-state index in [0.717, 1.165) is 10.8 Å². The second-order valence-electron chi connectivity index (χ2n) is 9.49. The molecule has 6 rings (SSSR count). The average Bonchev–Trinajstić information content (AvgIpc) is 2.98. The van der Waals surface area contributed by atoms with Crippen molar-refractivity contribution in [3.05, 3.63) is 127 Å². The van der Waals surface area contributed by atoms with Gasteiger partial charge in [0.1, 0.15) is 0 Å². The molecular weight excluding hydrogens is 538 g/mol. The minimum atomic E-state index is -0.496. The number of rotatable bonds is 7. The van der Waals surface area contributed by atoms with Gasteiger partial charge >= 0.3 is 0 Å². The van der Waals surface area contributed by atoms with Gasteiger partial charge in [0.2, 0.25) is 17.8 Å². The quantitative estimate of drug-likeness (QED) is 0.187. The van der Waals surface area contributed by atoms with Crippen LogP contribution in [0.5, 0.6) is 0 Å². The number of benzene rings is 3. The summed E-state index contributed by atoms with van der Waals surface area (Å²) in [5.41, 5.74) is 6.93. The summed E-state index contributed by atoms with van der Waals surface area (Å²) in [5.74, 6) is 0.0644. The molecule has 3 aromatic carbocycles. The summed E-state index contributed by atoms with van der Waals surface area (Å²) < 4.78 is 2.65. The lowest BCUT2D eigenvalue weighted by Crippen LogP contribution is -2.31. The summed E-state index contributed by atoms with van der Waals surface area (Å²) in [5, 5.41) is 16.7. The van der Waals surface area contributed by atoms with Gasteiger partial charge in [-0.1, -0.05) is 36.4 Å².